The van der Waals surface area contributed by atoms with E-state index in [1.807, 2.05) is 24.3 Å². The van der Waals surface area contributed by atoms with E-state index < -0.39 is 0 Å². The number of aromatic nitrogens is 2. The summed E-state index contributed by atoms with van der Waals surface area (Å²) in [5.74, 6) is 0.565. The van der Waals surface area contributed by atoms with Gasteiger partial charge >= 0.3 is 5.97 Å². The number of para-hydroxylation sites is 2. The van der Waals surface area contributed by atoms with Gasteiger partial charge in [0.25, 0.3) is 0 Å². The lowest BCUT2D eigenvalue weighted by Gasteiger charge is -2.07. The van der Waals surface area contributed by atoms with Gasteiger partial charge in [0.15, 0.2) is 4.34 Å². The number of cyclic esters (lactones) is 1. The molecule has 0 amide bonds. The molecule has 0 saturated carbocycles. The molecule has 1 aromatic heterocycles. The summed E-state index contributed by atoms with van der Waals surface area (Å²) >= 11 is 2.80. The highest BCUT2D eigenvalue weighted by Crippen LogP contribution is 2.35. The first kappa shape index (κ1) is 14.2. The van der Waals surface area contributed by atoms with Crippen LogP contribution in [-0.4, -0.2) is 35.1 Å². The molecular formula is C13H13N3O3S2. The van der Waals surface area contributed by atoms with Gasteiger partial charge in [0, 0.05) is 6.42 Å². The van der Waals surface area contributed by atoms with E-state index in [0.717, 1.165) is 22.2 Å². The second-order valence-corrected chi connectivity index (χ2v) is 6.69. The van der Waals surface area contributed by atoms with Gasteiger partial charge in [-0.25, -0.2) is 0 Å². The molecule has 0 radical (unpaired) electrons. The number of hydrogen-bond donors (Lipinski definition) is 1. The second-order valence-electron chi connectivity index (χ2n) is 4.26. The third kappa shape index (κ3) is 3.27. The van der Waals surface area contributed by atoms with Gasteiger partial charge < -0.3 is 14.8 Å². The summed E-state index contributed by atoms with van der Waals surface area (Å²) in [5.41, 5.74) is 0.827. The number of rotatable bonds is 5. The number of methoxy groups -OCH3 is 1. The molecule has 3 rings (SSSR count). The molecule has 0 spiro atoms. The Kier molecular flexibility index (Phi) is 4.26. The van der Waals surface area contributed by atoms with Gasteiger partial charge in [0.05, 0.1) is 19.4 Å². The van der Waals surface area contributed by atoms with Crippen molar-refractivity contribution in [2.24, 2.45) is 0 Å². The van der Waals surface area contributed by atoms with Crippen molar-refractivity contribution in [1.29, 1.82) is 0 Å². The Morgan fingerprint density at radius 2 is 2.29 bits per heavy atom. The first-order chi connectivity index (χ1) is 10.3. The van der Waals surface area contributed by atoms with Crippen LogP contribution in [-0.2, 0) is 9.53 Å². The normalized spacial score (nSPS) is 17.6. The zero-order chi connectivity index (χ0) is 14.7. The summed E-state index contributed by atoms with van der Waals surface area (Å²) in [6, 6.07) is 7.59. The van der Waals surface area contributed by atoms with Crippen molar-refractivity contribution in [2.75, 3.05) is 19.0 Å². The average Bonchev–Trinajstić information content (AvgIpc) is 3.10. The molecule has 1 aromatic carbocycles. The lowest BCUT2D eigenvalue weighted by Crippen LogP contribution is -2.08. The Hall–Kier alpha value is -1.80. The zero-order valence-corrected chi connectivity index (χ0v) is 12.9. The Bertz CT molecular complexity index is 647. The van der Waals surface area contributed by atoms with Crippen LogP contribution in [0.5, 0.6) is 5.75 Å². The zero-order valence-electron chi connectivity index (χ0n) is 11.2. The number of ether oxygens (including phenoxy) is 2. The number of benzene rings is 1. The Morgan fingerprint density at radius 3 is 3.05 bits per heavy atom. The van der Waals surface area contributed by atoms with E-state index in [0.29, 0.717) is 11.7 Å². The summed E-state index contributed by atoms with van der Waals surface area (Å²) in [4.78, 5) is 11.4. The minimum absolute atomic E-state index is 0.169. The molecule has 1 aliphatic rings. The van der Waals surface area contributed by atoms with Crippen LogP contribution in [0.2, 0.25) is 0 Å². The van der Waals surface area contributed by atoms with Crippen molar-refractivity contribution in [3.8, 4) is 5.75 Å². The third-order valence-electron chi connectivity index (χ3n) is 2.89. The quantitative estimate of drug-likeness (QED) is 0.848. The maximum atomic E-state index is 11.4. The Labute approximate surface area is 129 Å². The van der Waals surface area contributed by atoms with E-state index in [-0.39, 0.29) is 11.2 Å². The molecule has 1 fully saturated rings. The summed E-state index contributed by atoms with van der Waals surface area (Å²) in [6.45, 7) is 0.488. The van der Waals surface area contributed by atoms with Crippen molar-refractivity contribution < 1.29 is 14.3 Å². The minimum Gasteiger partial charge on any atom is -0.495 e. The smallest absolute Gasteiger partial charge is 0.319 e. The molecule has 2 heterocycles. The lowest BCUT2D eigenvalue weighted by atomic mass is 10.3. The molecule has 21 heavy (non-hydrogen) atoms. The van der Waals surface area contributed by atoms with Gasteiger partial charge in [0.2, 0.25) is 5.13 Å². The maximum Gasteiger partial charge on any atom is 0.319 e. The van der Waals surface area contributed by atoms with Crippen molar-refractivity contribution >= 4 is 39.9 Å². The van der Waals surface area contributed by atoms with Gasteiger partial charge in [-0.1, -0.05) is 35.2 Å². The molecule has 1 saturated heterocycles. The van der Waals surface area contributed by atoms with Crippen LogP contribution in [0.25, 0.3) is 0 Å². The predicted octanol–water partition coefficient (Wildman–Crippen LogP) is 2.70. The average molecular weight is 323 g/mol. The second kappa shape index (κ2) is 6.31. The van der Waals surface area contributed by atoms with E-state index in [4.69, 9.17) is 9.47 Å². The predicted molar refractivity (Wildman–Crippen MR) is 81.4 cm³/mol. The van der Waals surface area contributed by atoms with Crippen molar-refractivity contribution in [3.63, 3.8) is 0 Å². The topological polar surface area (TPSA) is 73.3 Å². The molecule has 8 heteroatoms. The Morgan fingerprint density at radius 1 is 1.43 bits per heavy atom. The first-order valence-electron chi connectivity index (χ1n) is 6.33. The number of anilines is 2. The van der Waals surface area contributed by atoms with Gasteiger partial charge in [-0.15, -0.1) is 10.2 Å². The van der Waals surface area contributed by atoms with Crippen LogP contribution in [0.15, 0.2) is 28.6 Å². The molecule has 0 aliphatic carbocycles. The van der Waals surface area contributed by atoms with Crippen LogP contribution in [0, 0.1) is 0 Å². The molecule has 2 aromatic rings. The molecule has 1 unspecified atom stereocenters. The van der Waals surface area contributed by atoms with Crippen molar-refractivity contribution in [2.45, 2.75) is 16.0 Å². The Balaban J connectivity index is 1.69. The highest BCUT2D eigenvalue weighted by Gasteiger charge is 2.28. The lowest BCUT2D eigenvalue weighted by molar-refractivity contribution is -0.137. The van der Waals surface area contributed by atoms with Crippen LogP contribution in [0.1, 0.15) is 6.42 Å². The minimum atomic E-state index is -0.172. The molecule has 1 aliphatic heterocycles. The number of thioether (sulfide) groups is 1. The van der Waals surface area contributed by atoms with Gasteiger partial charge in [0.1, 0.15) is 11.0 Å². The van der Waals surface area contributed by atoms with Crippen LogP contribution in [0.3, 0.4) is 0 Å². The standard InChI is InChI=1S/C13H13N3O3S2/c1-18-9-5-3-2-4-8(9)14-12-15-16-13(21-12)20-10-6-7-19-11(10)17/h2-5,10H,6-7H2,1H3,(H,14,15). The molecule has 1 N–H and O–H groups in total. The molecular weight excluding hydrogens is 310 g/mol. The highest BCUT2D eigenvalue weighted by atomic mass is 32.2. The SMILES string of the molecule is COc1ccccc1Nc1nnc(SC2CCOC2=O)s1. The van der Waals surface area contributed by atoms with Gasteiger partial charge in [-0.3, -0.25) is 4.79 Å². The summed E-state index contributed by atoms with van der Waals surface area (Å²) in [6.07, 6.45) is 0.721. The number of carbonyl (C=O) groups excluding carboxylic acids is 1. The van der Waals surface area contributed by atoms with E-state index in [1.165, 1.54) is 23.1 Å². The number of nitrogens with zero attached hydrogens (tertiary/aromatic N) is 2. The first-order valence-corrected chi connectivity index (χ1v) is 8.03. The molecule has 6 nitrogen and oxygen atoms in total. The fraction of sp³-hybridized carbons (Fsp3) is 0.308. The monoisotopic (exact) mass is 323 g/mol. The number of nitrogens with one attached hydrogen (secondary N) is 1. The summed E-state index contributed by atoms with van der Waals surface area (Å²) in [5, 5.41) is 11.8. The number of carbonyl (C=O) groups is 1. The van der Waals surface area contributed by atoms with Crippen molar-refractivity contribution in [3.05, 3.63) is 24.3 Å². The number of hydrogen-bond acceptors (Lipinski definition) is 8. The third-order valence-corrected chi connectivity index (χ3v) is 5.05. The molecule has 1 atom stereocenters. The van der Waals surface area contributed by atoms with Crippen molar-refractivity contribution in [1.82, 2.24) is 10.2 Å². The van der Waals surface area contributed by atoms with E-state index in [2.05, 4.69) is 15.5 Å². The van der Waals surface area contributed by atoms with Crippen LogP contribution < -0.4 is 10.1 Å². The van der Waals surface area contributed by atoms with Crippen LogP contribution in [0.4, 0.5) is 10.8 Å². The van der Waals surface area contributed by atoms with E-state index in [1.54, 1.807) is 7.11 Å². The largest absolute Gasteiger partial charge is 0.495 e. The van der Waals surface area contributed by atoms with E-state index in [9.17, 15) is 4.79 Å². The summed E-state index contributed by atoms with van der Waals surface area (Å²) in [7, 11) is 1.62. The fourth-order valence-corrected chi connectivity index (χ4v) is 3.85. The highest BCUT2D eigenvalue weighted by molar-refractivity contribution is 8.02. The molecule has 0 bridgehead atoms. The van der Waals surface area contributed by atoms with Gasteiger partial charge in [-0.2, -0.15) is 0 Å². The number of esters is 1. The van der Waals surface area contributed by atoms with Gasteiger partial charge in [-0.05, 0) is 12.1 Å². The summed E-state index contributed by atoms with van der Waals surface area (Å²) < 4.78 is 11.0. The maximum absolute atomic E-state index is 11.4. The van der Waals surface area contributed by atoms with Crippen LogP contribution >= 0.6 is 23.1 Å². The fourth-order valence-electron chi connectivity index (χ4n) is 1.88. The molecule has 110 valence electrons. The van der Waals surface area contributed by atoms with E-state index >= 15 is 0 Å².